The normalized spacial score (nSPS) is 11.1. The number of nitro groups is 1. The SMILES string of the molecule is N[C@@H](Cc1ccc([N+](=O)[O-])cc1)C(=O)O.c1nnn[nH]1. The Morgan fingerprint density at radius 3 is 2.45 bits per heavy atom. The summed E-state index contributed by atoms with van der Waals surface area (Å²) in [4.78, 5) is 20.3. The van der Waals surface area contributed by atoms with Crippen molar-refractivity contribution in [3.63, 3.8) is 0 Å². The van der Waals surface area contributed by atoms with Crippen molar-refractivity contribution in [3.8, 4) is 0 Å². The Labute approximate surface area is 112 Å². The fraction of sp³-hybridized carbons (Fsp3) is 0.200. The minimum Gasteiger partial charge on any atom is -0.480 e. The number of aromatic amines is 1. The number of nitrogens with zero attached hydrogens (tertiary/aromatic N) is 4. The minimum atomic E-state index is -1.09. The molecule has 1 atom stereocenters. The molecule has 1 aromatic heterocycles. The molecule has 0 saturated carbocycles. The number of carboxylic acids is 1. The summed E-state index contributed by atoms with van der Waals surface area (Å²) in [6.45, 7) is 0. The molecule has 2 aromatic rings. The van der Waals surface area contributed by atoms with Crippen LogP contribution in [0.3, 0.4) is 0 Å². The van der Waals surface area contributed by atoms with Crippen LogP contribution in [0.2, 0.25) is 0 Å². The predicted octanol–water partition coefficient (Wildman–Crippen LogP) is -0.251. The number of rotatable bonds is 4. The van der Waals surface area contributed by atoms with Crippen LogP contribution in [0.25, 0.3) is 0 Å². The molecule has 10 heteroatoms. The topological polar surface area (TPSA) is 161 Å². The molecule has 10 nitrogen and oxygen atoms in total. The number of nitrogens with one attached hydrogen (secondary N) is 1. The first-order chi connectivity index (χ1) is 9.50. The van der Waals surface area contributed by atoms with Gasteiger partial charge in [-0.3, -0.25) is 14.9 Å². The van der Waals surface area contributed by atoms with E-state index in [1.165, 1.54) is 30.6 Å². The van der Waals surface area contributed by atoms with Crippen LogP contribution in [-0.4, -0.2) is 42.7 Å². The molecule has 0 bridgehead atoms. The lowest BCUT2D eigenvalue weighted by Gasteiger charge is -2.05. The van der Waals surface area contributed by atoms with Crippen molar-refractivity contribution in [1.29, 1.82) is 0 Å². The van der Waals surface area contributed by atoms with Gasteiger partial charge in [-0.25, -0.2) is 5.10 Å². The molecule has 0 aliphatic carbocycles. The first kappa shape index (κ1) is 15.2. The van der Waals surface area contributed by atoms with Crippen molar-refractivity contribution in [2.24, 2.45) is 5.73 Å². The Kier molecular flexibility index (Phi) is 5.72. The number of carboxylic acid groups (broad SMARTS) is 1. The van der Waals surface area contributed by atoms with Crippen molar-refractivity contribution in [3.05, 3.63) is 46.3 Å². The molecular formula is C10H12N6O4. The third-order valence-corrected chi connectivity index (χ3v) is 2.19. The van der Waals surface area contributed by atoms with Crippen molar-refractivity contribution in [2.45, 2.75) is 12.5 Å². The van der Waals surface area contributed by atoms with Gasteiger partial charge in [-0.1, -0.05) is 12.1 Å². The number of aromatic nitrogens is 4. The van der Waals surface area contributed by atoms with Crippen LogP contribution >= 0.6 is 0 Å². The van der Waals surface area contributed by atoms with E-state index in [2.05, 4.69) is 20.6 Å². The quantitative estimate of drug-likeness (QED) is 0.510. The number of hydrogen-bond acceptors (Lipinski definition) is 7. The van der Waals surface area contributed by atoms with Gasteiger partial charge >= 0.3 is 5.97 Å². The standard InChI is InChI=1S/C9H10N2O4.CH2N4/c10-8(9(12)13)5-6-1-3-7(4-2-6)11(14)15;1-2-4-5-3-1/h1-4,8H,5,10H2,(H,12,13);1H,(H,2,3,4,5)/t8-;/m0./s1. The van der Waals surface area contributed by atoms with Gasteiger partial charge in [0.05, 0.1) is 4.92 Å². The number of H-pyrrole nitrogens is 1. The van der Waals surface area contributed by atoms with Crippen LogP contribution in [0.1, 0.15) is 5.56 Å². The van der Waals surface area contributed by atoms with Crippen LogP contribution in [0, 0.1) is 10.1 Å². The lowest BCUT2D eigenvalue weighted by Crippen LogP contribution is -2.32. The number of benzene rings is 1. The van der Waals surface area contributed by atoms with E-state index in [0.717, 1.165) is 0 Å². The largest absolute Gasteiger partial charge is 0.480 e. The van der Waals surface area contributed by atoms with E-state index in [1.807, 2.05) is 0 Å². The highest BCUT2D eigenvalue weighted by atomic mass is 16.6. The van der Waals surface area contributed by atoms with Crippen molar-refractivity contribution < 1.29 is 14.8 Å². The molecule has 0 radical (unpaired) electrons. The molecule has 2 rings (SSSR count). The Morgan fingerprint density at radius 2 is 2.10 bits per heavy atom. The number of hydrogen-bond donors (Lipinski definition) is 3. The highest BCUT2D eigenvalue weighted by Gasteiger charge is 2.12. The average Bonchev–Trinajstić information content (AvgIpc) is 2.98. The number of non-ortho nitro benzene ring substituents is 1. The Hall–Kier alpha value is -2.88. The first-order valence-electron chi connectivity index (χ1n) is 5.39. The predicted molar refractivity (Wildman–Crippen MR) is 66.6 cm³/mol. The molecule has 4 N–H and O–H groups in total. The van der Waals surface area contributed by atoms with Gasteiger partial charge in [-0.15, -0.1) is 5.10 Å². The van der Waals surface area contributed by atoms with E-state index in [0.29, 0.717) is 5.56 Å². The molecule has 0 fully saturated rings. The summed E-state index contributed by atoms with van der Waals surface area (Å²) in [6, 6.07) is 4.67. The zero-order valence-corrected chi connectivity index (χ0v) is 10.2. The molecule has 0 aliphatic rings. The second-order valence-corrected chi connectivity index (χ2v) is 3.64. The average molecular weight is 280 g/mol. The second kappa shape index (κ2) is 7.53. The molecule has 1 aromatic carbocycles. The number of aliphatic carboxylic acids is 1. The van der Waals surface area contributed by atoms with Crippen LogP contribution < -0.4 is 5.73 Å². The molecule has 20 heavy (non-hydrogen) atoms. The third-order valence-electron chi connectivity index (χ3n) is 2.19. The van der Waals surface area contributed by atoms with Gasteiger partial charge in [0.1, 0.15) is 12.4 Å². The molecule has 1 heterocycles. The monoisotopic (exact) mass is 280 g/mol. The molecule has 0 unspecified atom stereocenters. The van der Waals surface area contributed by atoms with E-state index in [4.69, 9.17) is 10.8 Å². The molecule has 0 amide bonds. The Bertz CT molecular complexity index is 524. The molecule has 106 valence electrons. The fourth-order valence-corrected chi connectivity index (χ4v) is 1.22. The van der Waals surface area contributed by atoms with Gasteiger partial charge in [0, 0.05) is 12.1 Å². The van der Waals surface area contributed by atoms with Crippen molar-refractivity contribution in [1.82, 2.24) is 20.6 Å². The third kappa shape index (κ3) is 5.18. The van der Waals surface area contributed by atoms with Crippen LogP contribution in [0.5, 0.6) is 0 Å². The van der Waals surface area contributed by atoms with E-state index >= 15 is 0 Å². The summed E-state index contributed by atoms with van der Waals surface area (Å²) in [7, 11) is 0. The zero-order valence-electron chi connectivity index (χ0n) is 10.2. The Morgan fingerprint density at radius 1 is 1.45 bits per heavy atom. The van der Waals surface area contributed by atoms with Crippen molar-refractivity contribution >= 4 is 11.7 Å². The van der Waals surface area contributed by atoms with E-state index < -0.39 is 16.9 Å². The number of tetrazole rings is 1. The Balaban J connectivity index is 0.000000333. The minimum absolute atomic E-state index is 0.0253. The van der Waals surface area contributed by atoms with E-state index in [-0.39, 0.29) is 12.1 Å². The maximum Gasteiger partial charge on any atom is 0.320 e. The smallest absolute Gasteiger partial charge is 0.320 e. The molecule has 0 spiro atoms. The van der Waals surface area contributed by atoms with Gasteiger partial charge in [0.15, 0.2) is 0 Å². The molecule has 0 saturated heterocycles. The molecular weight excluding hydrogens is 268 g/mol. The van der Waals surface area contributed by atoms with E-state index in [9.17, 15) is 14.9 Å². The fourth-order valence-electron chi connectivity index (χ4n) is 1.22. The van der Waals surface area contributed by atoms with Gasteiger partial charge in [0.2, 0.25) is 0 Å². The number of nitrogens with two attached hydrogens (primary N) is 1. The number of carbonyl (C=O) groups is 1. The summed E-state index contributed by atoms with van der Waals surface area (Å²) in [5.74, 6) is -1.09. The summed E-state index contributed by atoms with van der Waals surface area (Å²) in [5.41, 5.74) is 5.95. The van der Waals surface area contributed by atoms with Crippen molar-refractivity contribution in [2.75, 3.05) is 0 Å². The van der Waals surface area contributed by atoms with Crippen LogP contribution in [-0.2, 0) is 11.2 Å². The molecule has 0 aliphatic heterocycles. The van der Waals surface area contributed by atoms with E-state index in [1.54, 1.807) is 0 Å². The highest BCUT2D eigenvalue weighted by Crippen LogP contribution is 2.12. The van der Waals surface area contributed by atoms with Gasteiger partial charge in [0.25, 0.3) is 5.69 Å². The van der Waals surface area contributed by atoms with Gasteiger partial charge in [-0.05, 0) is 22.4 Å². The lowest BCUT2D eigenvalue weighted by molar-refractivity contribution is -0.384. The second-order valence-electron chi connectivity index (χ2n) is 3.64. The highest BCUT2D eigenvalue weighted by molar-refractivity contribution is 5.73. The summed E-state index contributed by atoms with van der Waals surface area (Å²) in [5, 5.41) is 31.0. The summed E-state index contributed by atoms with van der Waals surface area (Å²) < 4.78 is 0. The lowest BCUT2D eigenvalue weighted by atomic mass is 10.1. The number of nitro benzene ring substituents is 1. The van der Waals surface area contributed by atoms with Gasteiger partial charge < -0.3 is 10.8 Å². The summed E-state index contributed by atoms with van der Waals surface area (Å²) in [6.07, 6.45) is 1.56. The summed E-state index contributed by atoms with van der Waals surface area (Å²) >= 11 is 0. The van der Waals surface area contributed by atoms with Crippen LogP contribution in [0.4, 0.5) is 5.69 Å². The maximum atomic E-state index is 10.4. The zero-order chi connectivity index (χ0) is 15.0. The first-order valence-corrected chi connectivity index (χ1v) is 5.39. The maximum absolute atomic E-state index is 10.4. The van der Waals surface area contributed by atoms with Gasteiger partial charge in [-0.2, -0.15) is 0 Å². The van der Waals surface area contributed by atoms with Crippen LogP contribution in [0.15, 0.2) is 30.6 Å².